The van der Waals surface area contributed by atoms with Crippen molar-refractivity contribution in [2.75, 3.05) is 13.2 Å². The van der Waals surface area contributed by atoms with Crippen LogP contribution in [0.3, 0.4) is 0 Å². The molecule has 8 nitrogen and oxygen atoms in total. The van der Waals surface area contributed by atoms with Gasteiger partial charge in [0.25, 0.3) is 5.91 Å². The molecule has 0 unspecified atom stereocenters. The summed E-state index contributed by atoms with van der Waals surface area (Å²) >= 11 is 0. The van der Waals surface area contributed by atoms with Gasteiger partial charge < -0.3 is 9.47 Å². The molecule has 5 rings (SSSR count). The molecule has 2 aliphatic rings. The highest BCUT2D eigenvalue weighted by molar-refractivity contribution is 6.07. The highest BCUT2D eigenvalue weighted by Gasteiger charge is 2.62. The molecule has 0 aliphatic carbocycles. The van der Waals surface area contributed by atoms with Gasteiger partial charge in [-0.3, -0.25) is 14.7 Å². The summed E-state index contributed by atoms with van der Waals surface area (Å²) in [6.07, 6.45) is 5.23. The summed E-state index contributed by atoms with van der Waals surface area (Å²) in [4.78, 5) is 45.7. The number of nitrogens with zero attached hydrogens (tertiary/aromatic N) is 3. The molecule has 2 aromatic carbocycles. The number of benzene rings is 2. The first kappa shape index (κ1) is 21.4. The molecule has 0 N–H and O–H groups in total. The van der Waals surface area contributed by atoms with E-state index in [-0.39, 0.29) is 13.2 Å². The topological polar surface area (TPSA) is 89.0 Å². The number of hydrogen-bond acceptors (Lipinski definition) is 6. The van der Waals surface area contributed by atoms with Gasteiger partial charge in [-0.2, -0.15) is 0 Å². The van der Waals surface area contributed by atoms with Crippen LogP contribution in [0, 0.1) is 0 Å². The van der Waals surface area contributed by atoms with Crippen LogP contribution >= 0.6 is 0 Å². The summed E-state index contributed by atoms with van der Waals surface area (Å²) in [5.41, 5.74) is 0.184. The number of pyridine rings is 1. The Morgan fingerprint density at radius 2 is 1.76 bits per heavy atom. The van der Waals surface area contributed by atoms with Crippen LogP contribution in [0.25, 0.3) is 6.08 Å². The lowest BCUT2D eigenvalue weighted by molar-refractivity contribution is -0.152. The average Bonchev–Trinajstić information content (AvgIpc) is 3.26. The first-order valence-electron chi connectivity index (χ1n) is 10.8. The number of carbonyl (C=O) groups excluding carboxylic acids is 3. The molecule has 2 atom stereocenters. The third-order valence-corrected chi connectivity index (χ3v) is 5.91. The lowest BCUT2D eigenvalue weighted by Crippen LogP contribution is -2.75. The maximum atomic E-state index is 13.6. The minimum Gasteiger partial charge on any atom is -0.447 e. The molecule has 2 saturated heterocycles. The summed E-state index contributed by atoms with van der Waals surface area (Å²) in [7, 11) is 0. The largest absolute Gasteiger partial charge is 0.447 e. The lowest BCUT2D eigenvalue weighted by Gasteiger charge is -2.50. The number of ether oxygens (including phenoxy) is 2. The zero-order valence-electron chi connectivity index (χ0n) is 18.1. The number of likely N-dealkylation sites (tertiary alicyclic amines) is 1. The van der Waals surface area contributed by atoms with E-state index in [1.165, 1.54) is 4.90 Å². The van der Waals surface area contributed by atoms with Crippen LogP contribution in [0.15, 0.2) is 91.3 Å². The van der Waals surface area contributed by atoms with Crippen LogP contribution in [-0.2, 0) is 9.53 Å². The van der Waals surface area contributed by atoms with Crippen LogP contribution in [0.1, 0.15) is 17.2 Å². The number of hydrogen-bond donors (Lipinski definition) is 0. The Kier molecular flexibility index (Phi) is 5.55. The fourth-order valence-electron chi connectivity index (χ4n) is 4.19. The summed E-state index contributed by atoms with van der Waals surface area (Å²) in [6, 6.07) is 21.0. The Balaban J connectivity index is 1.48. The molecule has 0 spiro atoms. The Hall–Kier alpha value is -4.46. The number of carbonyl (C=O) groups is 3. The van der Waals surface area contributed by atoms with Crippen LogP contribution in [0.5, 0.6) is 5.75 Å². The summed E-state index contributed by atoms with van der Waals surface area (Å²) in [5.74, 6) is -0.236. The van der Waals surface area contributed by atoms with Gasteiger partial charge in [0.2, 0.25) is 0 Å². The Bertz CT molecular complexity index is 1230. The van der Waals surface area contributed by atoms with Gasteiger partial charge in [0.05, 0.1) is 12.6 Å². The molecule has 2 fully saturated rings. The maximum Gasteiger partial charge on any atom is 0.422 e. The van der Waals surface area contributed by atoms with Gasteiger partial charge in [0.15, 0.2) is 5.54 Å². The van der Waals surface area contributed by atoms with E-state index in [2.05, 4.69) is 4.98 Å². The predicted molar refractivity (Wildman–Crippen MR) is 123 cm³/mol. The van der Waals surface area contributed by atoms with Crippen molar-refractivity contribution in [3.63, 3.8) is 0 Å². The van der Waals surface area contributed by atoms with Crippen molar-refractivity contribution in [2.24, 2.45) is 0 Å². The van der Waals surface area contributed by atoms with Gasteiger partial charge in [-0.15, -0.1) is 0 Å². The number of amides is 3. The van der Waals surface area contributed by atoms with Crippen LogP contribution in [0.4, 0.5) is 9.59 Å². The zero-order chi connectivity index (χ0) is 23.5. The smallest absolute Gasteiger partial charge is 0.422 e. The van der Waals surface area contributed by atoms with Crippen molar-refractivity contribution in [3.05, 3.63) is 102 Å². The van der Waals surface area contributed by atoms with Gasteiger partial charge in [0, 0.05) is 12.4 Å². The van der Waals surface area contributed by atoms with Crippen LogP contribution in [-0.4, -0.2) is 51.6 Å². The molecule has 170 valence electrons. The quantitative estimate of drug-likeness (QED) is 0.539. The molecule has 0 radical (unpaired) electrons. The van der Waals surface area contributed by atoms with Crippen molar-refractivity contribution in [2.45, 2.75) is 11.6 Å². The van der Waals surface area contributed by atoms with E-state index >= 15 is 0 Å². The van der Waals surface area contributed by atoms with E-state index in [1.54, 1.807) is 60.9 Å². The predicted octanol–water partition coefficient (Wildman–Crippen LogP) is 4.07. The summed E-state index contributed by atoms with van der Waals surface area (Å²) in [5, 5.41) is 0. The lowest BCUT2D eigenvalue weighted by atomic mass is 9.84. The molecule has 3 heterocycles. The van der Waals surface area contributed by atoms with E-state index in [0.29, 0.717) is 5.75 Å². The summed E-state index contributed by atoms with van der Waals surface area (Å²) in [6.45, 7) is 0.0414. The molecular weight excluding hydrogens is 434 g/mol. The third kappa shape index (κ3) is 3.79. The van der Waals surface area contributed by atoms with E-state index in [4.69, 9.17) is 9.47 Å². The van der Waals surface area contributed by atoms with Crippen LogP contribution in [0.2, 0.25) is 0 Å². The second-order valence-corrected chi connectivity index (χ2v) is 7.99. The molecular formula is C26H21N3O5. The first-order chi connectivity index (χ1) is 16.6. The first-order valence-corrected chi connectivity index (χ1v) is 10.8. The molecule has 1 aromatic heterocycles. The number of aromatic nitrogens is 1. The standard InChI is InChI=1S/C26H21N3O5/c30-23-26(14-13-19-8-7-15-27-16-19,18-28(23)24(31)34-21-11-5-2-6-12-21)29-22(17-33-25(29)32)20-9-3-1-4-10-20/h1-16,22H,17-18H2/t22-,26-/m1/s1. The Labute approximate surface area is 196 Å². The van der Waals surface area contributed by atoms with E-state index in [1.807, 2.05) is 36.4 Å². The second kappa shape index (κ2) is 8.82. The van der Waals surface area contributed by atoms with Crippen molar-refractivity contribution in [3.8, 4) is 5.75 Å². The summed E-state index contributed by atoms with van der Waals surface area (Å²) < 4.78 is 10.7. The van der Waals surface area contributed by atoms with Crippen molar-refractivity contribution >= 4 is 24.2 Å². The Morgan fingerprint density at radius 1 is 1.03 bits per heavy atom. The Morgan fingerprint density at radius 3 is 2.44 bits per heavy atom. The van der Waals surface area contributed by atoms with E-state index < -0.39 is 29.7 Å². The van der Waals surface area contributed by atoms with Gasteiger partial charge in [-0.1, -0.05) is 60.7 Å². The second-order valence-electron chi connectivity index (χ2n) is 7.99. The van der Waals surface area contributed by atoms with Gasteiger partial charge in [0.1, 0.15) is 12.4 Å². The minimum atomic E-state index is -1.40. The molecule has 2 aliphatic heterocycles. The molecule has 0 bridgehead atoms. The highest BCUT2D eigenvalue weighted by Crippen LogP contribution is 2.42. The number of imide groups is 1. The molecule has 3 amide bonds. The van der Waals surface area contributed by atoms with Gasteiger partial charge >= 0.3 is 12.2 Å². The third-order valence-electron chi connectivity index (χ3n) is 5.91. The normalized spacial score (nSPS) is 21.9. The van der Waals surface area contributed by atoms with E-state index in [0.717, 1.165) is 16.0 Å². The SMILES string of the molecule is O=C(Oc1ccccc1)N1C[C@@](C=Cc2cccnc2)(N2C(=O)OC[C@@H]2c2ccccc2)C1=O. The van der Waals surface area contributed by atoms with Crippen molar-refractivity contribution in [1.82, 2.24) is 14.8 Å². The zero-order valence-corrected chi connectivity index (χ0v) is 18.1. The monoisotopic (exact) mass is 455 g/mol. The fourth-order valence-corrected chi connectivity index (χ4v) is 4.19. The molecule has 34 heavy (non-hydrogen) atoms. The highest BCUT2D eigenvalue weighted by atomic mass is 16.6. The average molecular weight is 455 g/mol. The fraction of sp³-hybridized carbons (Fsp3) is 0.154. The van der Waals surface area contributed by atoms with Gasteiger partial charge in [-0.05, 0) is 35.4 Å². The number of β-lactam (4-membered cyclic amide) rings is 1. The molecule has 3 aromatic rings. The maximum absolute atomic E-state index is 13.6. The number of cyclic esters (lactones) is 1. The van der Waals surface area contributed by atoms with Crippen molar-refractivity contribution < 1.29 is 23.9 Å². The number of para-hydroxylation sites is 1. The van der Waals surface area contributed by atoms with E-state index in [9.17, 15) is 14.4 Å². The minimum absolute atomic E-state index is 0.0628. The van der Waals surface area contributed by atoms with Crippen molar-refractivity contribution in [1.29, 1.82) is 0 Å². The molecule has 0 saturated carbocycles. The van der Waals surface area contributed by atoms with Gasteiger partial charge in [-0.25, -0.2) is 14.5 Å². The van der Waals surface area contributed by atoms with Crippen LogP contribution < -0.4 is 4.74 Å². The number of rotatable bonds is 5. The molecule has 8 heteroatoms.